The average Bonchev–Trinajstić information content (AvgIpc) is 2.39. The van der Waals surface area contributed by atoms with Gasteiger partial charge in [0.15, 0.2) is 6.01 Å². The van der Waals surface area contributed by atoms with E-state index in [1.807, 2.05) is 0 Å². The van der Waals surface area contributed by atoms with E-state index in [9.17, 15) is 13.0 Å². The fourth-order valence-corrected chi connectivity index (χ4v) is 2.22. The van der Waals surface area contributed by atoms with Gasteiger partial charge in [0, 0.05) is 17.9 Å². The Balaban J connectivity index is 2.88. The minimum Gasteiger partial charge on any atom is -0.376 e. The van der Waals surface area contributed by atoms with E-state index >= 15 is 0 Å². The van der Waals surface area contributed by atoms with E-state index in [0.29, 0.717) is 4.90 Å². The highest BCUT2D eigenvalue weighted by molar-refractivity contribution is 7.84. The van der Waals surface area contributed by atoms with Crippen LogP contribution in [0, 0.1) is 5.92 Å². The first-order chi connectivity index (χ1) is 8.13. The SMILES string of the molecule is CO[C@H](c1ccc(S(=O)CF)cc1)[C@H](C)CF. The number of rotatable bonds is 6. The highest BCUT2D eigenvalue weighted by Gasteiger charge is 2.18. The Kier molecular flexibility index (Phi) is 5.71. The lowest BCUT2D eigenvalue weighted by molar-refractivity contribution is 0.0479. The topological polar surface area (TPSA) is 26.3 Å². The van der Waals surface area contributed by atoms with Crippen molar-refractivity contribution in [3.8, 4) is 0 Å². The molecule has 0 spiro atoms. The van der Waals surface area contributed by atoms with Gasteiger partial charge >= 0.3 is 0 Å². The fourth-order valence-electron chi connectivity index (χ4n) is 1.65. The van der Waals surface area contributed by atoms with Crippen LogP contribution in [0.25, 0.3) is 0 Å². The van der Waals surface area contributed by atoms with Crippen molar-refractivity contribution in [2.75, 3.05) is 19.8 Å². The Morgan fingerprint density at radius 2 is 1.88 bits per heavy atom. The summed E-state index contributed by atoms with van der Waals surface area (Å²) in [6, 6.07) is 5.67. The molecule has 1 aromatic carbocycles. The molecule has 3 atom stereocenters. The molecular formula is C12H16F2O2S. The molecule has 0 heterocycles. The number of alkyl halides is 2. The molecule has 0 aromatic heterocycles. The largest absolute Gasteiger partial charge is 0.376 e. The maximum atomic E-state index is 12.6. The lowest BCUT2D eigenvalue weighted by Crippen LogP contribution is -2.13. The lowest BCUT2D eigenvalue weighted by Gasteiger charge is -2.20. The third-order valence-electron chi connectivity index (χ3n) is 2.58. The molecule has 0 bridgehead atoms. The molecule has 0 aliphatic carbocycles. The summed E-state index contributed by atoms with van der Waals surface area (Å²) in [6.45, 7) is 1.28. The summed E-state index contributed by atoms with van der Waals surface area (Å²) >= 11 is 0. The van der Waals surface area contributed by atoms with Crippen LogP contribution in [0.5, 0.6) is 0 Å². The quantitative estimate of drug-likeness (QED) is 0.787. The summed E-state index contributed by atoms with van der Waals surface area (Å²) < 4.78 is 41.2. The Morgan fingerprint density at radius 3 is 2.29 bits per heavy atom. The summed E-state index contributed by atoms with van der Waals surface area (Å²) in [5.41, 5.74) is 0.803. The van der Waals surface area contributed by atoms with E-state index in [2.05, 4.69) is 0 Å². The maximum absolute atomic E-state index is 12.6. The first-order valence-corrected chi connectivity index (χ1v) is 6.59. The van der Waals surface area contributed by atoms with Gasteiger partial charge in [0.2, 0.25) is 0 Å². The third kappa shape index (κ3) is 3.57. The van der Waals surface area contributed by atoms with Crippen LogP contribution < -0.4 is 0 Å². The molecule has 5 heteroatoms. The van der Waals surface area contributed by atoms with Crippen molar-refractivity contribution in [3.05, 3.63) is 29.8 Å². The van der Waals surface area contributed by atoms with E-state index in [1.165, 1.54) is 7.11 Å². The number of hydrogen-bond acceptors (Lipinski definition) is 2. The fraction of sp³-hybridized carbons (Fsp3) is 0.500. The van der Waals surface area contributed by atoms with Gasteiger partial charge in [-0.15, -0.1) is 0 Å². The van der Waals surface area contributed by atoms with Gasteiger partial charge in [-0.3, -0.25) is 8.60 Å². The van der Waals surface area contributed by atoms with Gasteiger partial charge in [-0.05, 0) is 17.7 Å². The van der Waals surface area contributed by atoms with E-state index in [-0.39, 0.29) is 12.0 Å². The second kappa shape index (κ2) is 6.81. The van der Waals surface area contributed by atoms with E-state index in [1.54, 1.807) is 31.2 Å². The molecule has 1 aromatic rings. The van der Waals surface area contributed by atoms with Gasteiger partial charge in [-0.25, -0.2) is 4.39 Å². The Hall–Kier alpha value is -0.810. The number of methoxy groups -OCH3 is 1. The molecule has 0 aliphatic rings. The molecule has 0 radical (unpaired) electrons. The minimum atomic E-state index is -1.61. The molecule has 0 saturated heterocycles. The predicted molar refractivity (Wildman–Crippen MR) is 63.7 cm³/mol. The summed E-state index contributed by atoms with van der Waals surface area (Å²) in [7, 11) is -0.0896. The Labute approximate surface area is 102 Å². The monoisotopic (exact) mass is 262 g/mol. The molecule has 1 unspecified atom stereocenters. The molecule has 96 valence electrons. The summed E-state index contributed by atoms with van der Waals surface area (Å²) in [4.78, 5) is 0.430. The van der Waals surface area contributed by atoms with Crippen LogP contribution in [0.4, 0.5) is 8.78 Å². The van der Waals surface area contributed by atoms with E-state index in [0.717, 1.165) is 5.56 Å². The van der Waals surface area contributed by atoms with Crippen LogP contribution in [-0.2, 0) is 15.5 Å². The van der Waals surface area contributed by atoms with Crippen molar-refractivity contribution in [1.29, 1.82) is 0 Å². The molecule has 0 fully saturated rings. The third-order valence-corrected chi connectivity index (χ3v) is 3.58. The van der Waals surface area contributed by atoms with Gasteiger partial charge in [0.05, 0.1) is 23.6 Å². The number of benzene rings is 1. The van der Waals surface area contributed by atoms with Gasteiger partial charge in [0.1, 0.15) is 0 Å². The predicted octanol–water partition coefficient (Wildman–Crippen LogP) is 3.01. The molecule has 0 N–H and O–H groups in total. The minimum absolute atomic E-state index is 0.252. The van der Waals surface area contributed by atoms with Crippen LogP contribution in [0.3, 0.4) is 0 Å². The zero-order valence-electron chi connectivity index (χ0n) is 9.86. The first kappa shape index (κ1) is 14.3. The van der Waals surface area contributed by atoms with Crippen LogP contribution in [0.15, 0.2) is 29.2 Å². The molecule has 2 nitrogen and oxygen atoms in total. The molecule has 0 aliphatic heterocycles. The number of ether oxygens (including phenoxy) is 1. The molecule has 17 heavy (non-hydrogen) atoms. The molecular weight excluding hydrogens is 246 g/mol. The highest BCUT2D eigenvalue weighted by Crippen LogP contribution is 2.26. The van der Waals surface area contributed by atoms with Gasteiger partial charge in [-0.1, -0.05) is 19.1 Å². The van der Waals surface area contributed by atoms with E-state index in [4.69, 9.17) is 4.74 Å². The number of halogens is 2. The molecule has 0 saturated carbocycles. The van der Waals surface area contributed by atoms with Crippen LogP contribution >= 0.6 is 0 Å². The molecule has 0 amide bonds. The molecule has 1 rings (SSSR count). The lowest BCUT2D eigenvalue weighted by atomic mass is 9.98. The van der Waals surface area contributed by atoms with Crippen molar-refractivity contribution in [2.45, 2.75) is 17.9 Å². The van der Waals surface area contributed by atoms with Crippen molar-refractivity contribution >= 4 is 10.8 Å². The average molecular weight is 262 g/mol. The van der Waals surface area contributed by atoms with Crippen molar-refractivity contribution < 1.29 is 17.7 Å². The summed E-state index contributed by atoms with van der Waals surface area (Å²) in [6.07, 6.45) is -0.340. The van der Waals surface area contributed by atoms with Gasteiger partial charge in [0.25, 0.3) is 0 Å². The van der Waals surface area contributed by atoms with Crippen LogP contribution in [-0.4, -0.2) is 24.0 Å². The zero-order valence-corrected chi connectivity index (χ0v) is 10.7. The highest BCUT2D eigenvalue weighted by atomic mass is 32.2. The normalized spacial score (nSPS) is 16.5. The van der Waals surface area contributed by atoms with Crippen molar-refractivity contribution in [1.82, 2.24) is 0 Å². The van der Waals surface area contributed by atoms with Gasteiger partial charge < -0.3 is 4.74 Å². The second-order valence-electron chi connectivity index (χ2n) is 3.81. The van der Waals surface area contributed by atoms with Crippen molar-refractivity contribution in [2.24, 2.45) is 5.92 Å². The Bertz CT molecular complexity index is 367. The Morgan fingerprint density at radius 1 is 1.29 bits per heavy atom. The zero-order chi connectivity index (χ0) is 12.8. The van der Waals surface area contributed by atoms with Crippen LogP contribution in [0.2, 0.25) is 0 Å². The maximum Gasteiger partial charge on any atom is 0.169 e. The standard InChI is InChI=1S/C12H16F2O2S/c1-9(7-13)12(16-2)10-3-5-11(6-4-10)17(15)8-14/h3-6,9,12H,7-8H2,1-2H3/t9-,12+,17?/m1/s1. The van der Waals surface area contributed by atoms with Gasteiger partial charge in [-0.2, -0.15) is 0 Å². The summed E-state index contributed by atoms with van der Waals surface area (Å²) in [5, 5.41) is 0. The van der Waals surface area contributed by atoms with Crippen molar-refractivity contribution in [3.63, 3.8) is 0 Å². The number of hydrogen-bond donors (Lipinski definition) is 0. The first-order valence-electron chi connectivity index (χ1n) is 5.27. The van der Waals surface area contributed by atoms with E-state index < -0.39 is 23.5 Å². The van der Waals surface area contributed by atoms with Crippen LogP contribution in [0.1, 0.15) is 18.6 Å². The second-order valence-corrected chi connectivity index (χ2v) is 5.19. The summed E-state index contributed by atoms with van der Waals surface area (Å²) in [5.74, 6) is -0.252. The smallest absolute Gasteiger partial charge is 0.169 e.